The molecule has 1 atom stereocenters. The SMILES string of the molecule is CCCNC(C)(C)C(C)C1=C(N)CC=C(C)C1. The van der Waals surface area contributed by atoms with Gasteiger partial charge in [-0.25, -0.2) is 0 Å². The molecule has 1 rings (SSSR count). The zero-order chi connectivity index (χ0) is 13.1. The molecular weight excluding hydrogens is 208 g/mol. The third kappa shape index (κ3) is 3.60. The number of hydrogen-bond acceptors (Lipinski definition) is 2. The lowest BCUT2D eigenvalue weighted by Gasteiger charge is -2.36. The van der Waals surface area contributed by atoms with Crippen molar-refractivity contribution >= 4 is 0 Å². The Kier molecular flexibility index (Phi) is 4.81. The largest absolute Gasteiger partial charge is 0.402 e. The van der Waals surface area contributed by atoms with Crippen molar-refractivity contribution in [3.8, 4) is 0 Å². The van der Waals surface area contributed by atoms with Gasteiger partial charge >= 0.3 is 0 Å². The first kappa shape index (κ1) is 14.3. The Morgan fingerprint density at radius 1 is 1.47 bits per heavy atom. The van der Waals surface area contributed by atoms with Crippen molar-refractivity contribution in [2.75, 3.05) is 6.54 Å². The van der Waals surface area contributed by atoms with Crippen LogP contribution in [0.3, 0.4) is 0 Å². The molecule has 0 radical (unpaired) electrons. The molecule has 0 aliphatic heterocycles. The highest BCUT2D eigenvalue weighted by Gasteiger charge is 2.29. The Hall–Kier alpha value is -0.760. The normalized spacial score (nSPS) is 19.2. The van der Waals surface area contributed by atoms with Crippen LogP contribution in [0.4, 0.5) is 0 Å². The molecule has 0 aromatic carbocycles. The topological polar surface area (TPSA) is 38.0 Å². The fraction of sp³-hybridized carbons (Fsp3) is 0.733. The predicted molar refractivity (Wildman–Crippen MR) is 75.7 cm³/mol. The van der Waals surface area contributed by atoms with Gasteiger partial charge in [0.1, 0.15) is 0 Å². The zero-order valence-corrected chi connectivity index (χ0v) is 12.1. The van der Waals surface area contributed by atoms with E-state index in [4.69, 9.17) is 5.73 Å². The van der Waals surface area contributed by atoms with E-state index in [1.165, 1.54) is 17.6 Å². The van der Waals surface area contributed by atoms with Crippen LogP contribution in [0.15, 0.2) is 22.9 Å². The lowest BCUT2D eigenvalue weighted by molar-refractivity contribution is 0.297. The molecule has 0 heterocycles. The average molecular weight is 236 g/mol. The van der Waals surface area contributed by atoms with Crippen LogP contribution in [0.2, 0.25) is 0 Å². The van der Waals surface area contributed by atoms with Gasteiger partial charge < -0.3 is 11.1 Å². The highest BCUT2D eigenvalue weighted by Crippen LogP contribution is 2.33. The fourth-order valence-corrected chi connectivity index (χ4v) is 2.37. The van der Waals surface area contributed by atoms with Crippen molar-refractivity contribution in [3.63, 3.8) is 0 Å². The maximum Gasteiger partial charge on any atom is 0.0188 e. The van der Waals surface area contributed by atoms with E-state index in [1.54, 1.807) is 0 Å². The van der Waals surface area contributed by atoms with E-state index < -0.39 is 0 Å². The van der Waals surface area contributed by atoms with Crippen LogP contribution in [0.25, 0.3) is 0 Å². The summed E-state index contributed by atoms with van der Waals surface area (Å²) in [5, 5.41) is 3.63. The van der Waals surface area contributed by atoms with Crippen molar-refractivity contribution in [2.45, 2.75) is 59.4 Å². The van der Waals surface area contributed by atoms with Crippen LogP contribution in [0, 0.1) is 5.92 Å². The summed E-state index contributed by atoms with van der Waals surface area (Å²) >= 11 is 0. The van der Waals surface area contributed by atoms with Gasteiger partial charge in [0.15, 0.2) is 0 Å². The van der Waals surface area contributed by atoms with E-state index in [1.807, 2.05) is 0 Å². The van der Waals surface area contributed by atoms with Crippen LogP contribution in [0.5, 0.6) is 0 Å². The zero-order valence-electron chi connectivity index (χ0n) is 12.1. The minimum atomic E-state index is 0.119. The molecule has 1 aliphatic carbocycles. The average Bonchev–Trinajstić information content (AvgIpc) is 2.29. The standard InChI is InChI=1S/C15H28N2/c1-6-9-17-15(4,5)12(3)13-10-11(2)7-8-14(13)16/h7,12,17H,6,8-10,16H2,1-5H3. The second-order valence-corrected chi connectivity index (χ2v) is 5.85. The van der Waals surface area contributed by atoms with Crippen LogP contribution < -0.4 is 11.1 Å². The monoisotopic (exact) mass is 236 g/mol. The molecule has 0 bridgehead atoms. The van der Waals surface area contributed by atoms with Crippen LogP contribution in [0.1, 0.15) is 53.9 Å². The molecule has 0 saturated heterocycles. The molecule has 1 aliphatic rings. The van der Waals surface area contributed by atoms with E-state index in [0.717, 1.165) is 25.1 Å². The van der Waals surface area contributed by atoms with Crippen molar-refractivity contribution < 1.29 is 0 Å². The van der Waals surface area contributed by atoms with E-state index in [9.17, 15) is 0 Å². The molecule has 0 aromatic rings. The summed E-state index contributed by atoms with van der Waals surface area (Å²) in [5.74, 6) is 0.484. The fourth-order valence-electron chi connectivity index (χ4n) is 2.37. The molecule has 0 spiro atoms. The summed E-state index contributed by atoms with van der Waals surface area (Å²) in [7, 11) is 0. The maximum absolute atomic E-state index is 6.17. The summed E-state index contributed by atoms with van der Waals surface area (Å²) < 4.78 is 0. The maximum atomic E-state index is 6.17. The van der Waals surface area contributed by atoms with Crippen molar-refractivity contribution in [1.29, 1.82) is 0 Å². The quantitative estimate of drug-likeness (QED) is 0.718. The number of hydrogen-bond donors (Lipinski definition) is 2. The summed E-state index contributed by atoms with van der Waals surface area (Å²) in [6.45, 7) is 12.3. The minimum absolute atomic E-state index is 0.119. The first-order valence-corrected chi connectivity index (χ1v) is 6.76. The Morgan fingerprint density at radius 2 is 2.12 bits per heavy atom. The molecule has 0 fully saturated rings. The second-order valence-electron chi connectivity index (χ2n) is 5.85. The molecule has 0 saturated carbocycles. The van der Waals surface area contributed by atoms with Gasteiger partial charge in [-0.05, 0) is 51.6 Å². The predicted octanol–water partition coefficient (Wildman–Crippen LogP) is 3.35. The Morgan fingerprint density at radius 3 is 2.71 bits per heavy atom. The van der Waals surface area contributed by atoms with Gasteiger partial charge in [0.25, 0.3) is 0 Å². The Labute approximate surface area is 106 Å². The first-order chi connectivity index (χ1) is 7.88. The number of nitrogens with one attached hydrogen (secondary N) is 1. The lowest BCUT2D eigenvalue weighted by atomic mass is 9.78. The van der Waals surface area contributed by atoms with Crippen LogP contribution >= 0.6 is 0 Å². The lowest BCUT2D eigenvalue weighted by Crippen LogP contribution is -2.46. The van der Waals surface area contributed by atoms with Gasteiger partial charge in [-0.2, -0.15) is 0 Å². The number of nitrogens with two attached hydrogens (primary N) is 1. The highest BCUT2D eigenvalue weighted by atomic mass is 15.0. The van der Waals surface area contributed by atoms with E-state index in [-0.39, 0.29) is 5.54 Å². The van der Waals surface area contributed by atoms with Gasteiger partial charge in [0, 0.05) is 17.7 Å². The van der Waals surface area contributed by atoms with Crippen molar-refractivity contribution in [2.24, 2.45) is 11.7 Å². The molecule has 17 heavy (non-hydrogen) atoms. The van der Waals surface area contributed by atoms with Crippen molar-refractivity contribution in [3.05, 3.63) is 22.9 Å². The first-order valence-electron chi connectivity index (χ1n) is 6.76. The van der Waals surface area contributed by atoms with E-state index in [2.05, 4.69) is 46.0 Å². The molecule has 0 amide bonds. The second kappa shape index (κ2) is 5.72. The molecule has 0 aromatic heterocycles. The molecule has 1 unspecified atom stereocenters. The summed E-state index contributed by atoms with van der Waals surface area (Å²) in [4.78, 5) is 0. The molecule has 98 valence electrons. The summed E-state index contributed by atoms with van der Waals surface area (Å²) in [5.41, 5.74) is 10.3. The smallest absolute Gasteiger partial charge is 0.0188 e. The van der Waals surface area contributed by atoms with Gasteiger partial charge in [0.05, 0.1) is 0 Å². The van der Waals surface area contributed by atoms with E-state index in [0.29, 0.717) is 5.92 Å². The van der Waals surface area contributed by atoms with E-state index >= 15 is 0 Å². The van der Waals surface area contributed by atoms with Crippen molar-refractivity contribution in [1.82, 2.24) is 5.32 Å². The molecule has 2 heteroatoms. The van der Waals surface area contributed by atoms with Gasteiger partial charge in [-0.1, -0.05) is 25.5 Å². The van der Waals surface area contributed by atoms with Crippen LogP contribution in [-0.2, 0) is 0 Å². The molecule has 2 nitrogen and oxygen atoms in total. The number of rotatable bonds is 5. The summed E-state index contributed by atoms with van der Waals surface area (Å²) in [6.07, 6.45) is 5.39. The Balaban J connectivity index is 2.78. The molecular formula is C15H28N2. The number of allylic oxidation sites excluding steroid dienone is 2. The van der Waals surface area contributed by atoms with Gasteiger partial charge in [0.2, 0.25) is 0 Å². The van der Waals surface area contributed by atoms with Gasteiger partial charge in [-0.3, -0.25) is 0 Å². The highest BCUT2D eigenvalue weighted by molar-refractivity contribution is 5.29. The third-order valence-electron chi connectivity index (χ3n) is 3.99. The minimum Gasteiger partial charge on any atom is -0.402 e. The van der Waals surface area contributed by atoms with Gasteiger partial charge in [-0.15, -0.1) is 0 Å². The third-order valence-corrected chi connectivity index (χ3v) is 3.99. The van der Waals surface area contributed by atoms with Crippen LogP contribution in [-0.4, -0.2) is 12.1 Å². The molecule has 3 N–H and O–H groups in total. The Bertz CT molecular complexity index is 324. The summed E-state index contributed by atoms with van der Waals surface area (Å²) in [6, 6.07) is 0.